The maximum Gasteiger partial charge on any atom is 0.316 e. The van der Waals surface area contributed by atoms with E-state index < -0.39 is 0 Å². The monoisotopic (exact) mass is 328 g/mol. The normalized spacial score (nSPS) is 9.29. The van der Waals surface area contributed by atoms with Gasteiger partial charge in [-0.2, -0.15) is 0 Å². The Balaban J connectivity index is 0.000000921. The van der Waals surface area contributed by atoms with E-state index in [0.717, 1.165) is 15.2 Å². The number of methoxy groups -OCH3 is 1. The number of fused-ring (bicyclic) bond motifs is 1. The lowest BCUT2D eigenvalue weighted by molar-refractivity contribution is -0.137. The minimum atomic E-state index is -0.244. The molecule has 0 saturated heterocycles. The van der Waals surface area contributed by atoms with Crippen LogP contribution in [0, 0.1) is 13.8 Å². The van der Waals surface area contributed by atoms with Crippen molar-refractivity contribution in [3.05, 3.63) is 16.8 Å². The molecule has 2 aromatic heterocycles. The van der Waals surface area contributed by atoms with Gasteiger partial charge in [-0.25, -0.2) is 9.97 Å². The molecule has 0 N–H and O–H groups in total. The van der Waals surface area contributed by atoms with E-state index in [1.807, 2.05) is 27.7 Å². The van der Waals surface area contributed by atoms with Crippen molar-refractivity contribution < 1.29 is 9.53 Å². The van der Waals surface area contributed by atoms with E-state index in [-0.39, 0.29) is 11.7 Å². The van der Waals surface area contributed by atoms with Crippen LogP contribution >= 0.6 is 23.1 Å². The number of ether oxygens (including phenoxy) is 1. The Labute approximate surface area is 135 Å². The Morgan fingerprint density at radius 2 is 1.86 bits per heavy atom. The van der Waals surface area contributed by atoms with E-state index in [4.69, 9.17) is 0 Å². The van der Waals surface area contributed by atoms with Gasteiger partial charge in [0, 0.05) is 4.88 Å². The van der Waals surface area contributed by atoms with Crippen molar-refractivity contribution in [1.29, 1.82) is 0 Å². The Kier molecular flexibility index (Phi) is 9.99. The van der Waals surface area contributed by atoms with Crippen LogP contribution in [0.25, 0.3) is 10.2 Å². The van der Waals surface area contributed by atoms with Crippen LogP contribution in [0.4, 0.5) is 0 Å². The zero-order valence-electron chi connectivity index (χ0n) is 13.8. The number of hydrogen-bond donors (Lipinski definition) is 0. The van der Waals surface area contributed by atoms with E-state index in [9.17, 15) is 4.79 Å². The zero-order valence-corrected chi connectivity index (χ0v) is 15.4. The highest BCUT2D eigenvalue weighted by Gasteiger charge is 2.12. The molecule has 0 aliphatic carbocycles. The number of carbonyl (C=O) groups excluding carboxylic acids is 1. The highest BCUT2D eigenvalue weighted by molar-refractivity contribution is 8.00. The summed E-state index contributed by atoms with van der Waals surface area (Å²) in [6, 6.07) is 0. The van der Waals surface area contributed by atoms with E-state index in [0.29, 0.717) is 0 Å². The third kappa shape index (κ3) is 5.28. The van der Waals surface area contributed by atoms with Crippen LogP contribution in [0.15, 0.2) is 11.4 Å². The molecule has 0 aliphatic rings. The van der Waals surface area contributed by atoms with E-state index in [1.165, 1.54) is 29.3 Å². The van der Waals surface area contributed by atoms with Crippen molar-refractivity contribution in [3.8, 4) is 0 Å². The number of thiophene rings is 1. The van der Waals surface area contributed by atoms with Crippen LogP contribution in [0.3, 0.4) is 0 Å². The molecule has 2 aromatic rings. The fourth-order valence-electron chi connectivity index (χ4n) is 1.40. The summed E-state index contributed by atoms with van der Waals surface area (Å²) >= 11 is 3.06. The standard InChI is InChI=1S/C11H12N2O2S2.2C2H6/c1-6-7(2)17-10-9(6)12-5-13-11(10)16-4-8(14)15-3;2*1-2/h5H,4H2,1-3H3;2*1-2H3. The number of hydrogen-bond acceptors (Lipinski definition) is 6. The van der Waals surface area contributed by atoms with Gasteiger partial charge in [0.1, 0.15) is 11.4 Å². The topological polar surface area (TPSA) is 52.1 Å². The molecule has 0 unspecified atom stereocenters. The molecule has 0 aliphatic heterocycles. The summed E-state index contributed by atoms with van der Waals surface area (Å²) in [6.07, 6.45) is 1.54. The molecule has 0 saturated carbocycles. The first-order valence-corrected chi connectivity index (χ1v) is 8.84. The molecule has 0 bridgehead atoms. The number of aryl methyl sites for hydroxylation is 2. The molecule has 2 rings (SSSR count). The molecule has 2 heterocycles. The maximum atomic E-state index is 11.1. The molecule has 0 radical (unpaired) electrons. The van der Waals surface area contributed by atoms with Crippen molar-refractivity contribution in [2.24, 2.45) is 0 Å². The third-order valence-electron chi connectivity index (χ3n) is 2.46. The van der Waals surface area contributed by atoms with Crippen LogP contribution in [0.2, 0.25) is 0 Å². The first kappa shape index (κ1) is 19.9. The van der Waals surface area contributed by atoms with Gasteiger partial charge in [-0.05, 0) is 19.4 Å². The maximum absolute atomic E-state index is 11.1. The third-order valence-corrected chi connectivity index (χ3v) is 4.76. The molecular formula is C15H24N2O2S2. The number of carbonyl (C=O) groups is 1. The fourth-order valence-corrected chi connectivity index (χ4v) is 3.42. The molecule has 0 amide bonds. The second kappa shape index (κ2) is 10.6. The highest BCUT2D eigenvalue weighted by Crippen LogP contribution is 2.34. The number of thioether (sulfide) groups is 1. The Morgan fingerprint density at radius 3 is 2.43 bits per heavy atom. The van der Waals surface area contributed by atoms with Crippen LogP contribution in [-0.4, -0.2) is 28.8 Å². The van der Waals surface area contributed by atoms with Gasteiger partial charge in [-0.3, -0.25) is 4.79 Å². The first-order valence-electron chi connectivity index (χ1n) is 7.03. The summed E-state index contributed by atoms with van der Waals surface area (Å²) < 4.78 is 5.67. The van der Waals surface area contributed by atoms with Crippen molar-refractivity contribution in [3.63, 3.8) is 0 Å². The summed E-state index contributed by atoms with van der Waals surface area (Å²) in [5.41, 5.74) is 2.17. The summed E-state index contributed by atoms with van der Waals surface area (Å²) in [5, 5.41) is 0.849. The first-order chi connectivity index (χ1) is 10.1. The second-order valence-electron chi connectivity index (χ2n) is 3.50. The Morgan fingerprint density at radius 1 is 1.24 bits per heavy atom. The van der Waals surface area contributed by atoms with E-state index in [2.05, 4.69) is 28.6 Å². The number of rotatable bonds is 3. The lowest BCUT2D eigenvalue weighted by Crippen LogP contribution is -2.03. The predicted molar refractivity (Wildman–Crippen MR) is 92.3 cm³/mol. The Bertz CT molecular complexity index is 568. The zero-order chi connectivity index (χ0) is 16.4. The van der Waals surface area contributed by atoms with Gasteiger partial charge in [-0.1, -0.05) is 39.5 Å². The molecule has 21 heavy (non-hydrogen) atoms. The molecule has 0 spiro atoms. The predicted octanol–water partition coefficient (Wildman–Crippen LogP) is 4.63. The summed E-state index contributed by atoms with van der Waals surface area (Å²) in [7, 11) is 1.39. The molecule has 4 nitrogen and oxygen atoms in total. The SMILES string of the molecule is CC.CC.COC(=O)CSc1ncnc2c(C)c(C)sc12. The van der Waals surface area contributed by atoms with Crippen molar-refractivity contribution in [2.45, 2.75) is 46.6 Å². The molecule has 0 aromatic carbocycles. The second-order valence-corrected chi connectivity index (χ2v) is 5.69. The lowest BCUT2D eigenvalue weighted by Gasteiger charge is -2.00. The summed E-state index contributed by atoms with van der Waals surface area (Å²) in [5.74, 6) is 0.0327. The molecule has 6 heteroatoms. The number of esters is 1. The average Bonchev–Trinajstić information content (AvgIpc) is 2.84. The van der Waals surface area contributed by atoms with Crippen LogP contribution in [0.1, 0.15) is 38.1 Å². The van der Waals surface area contributed by atoms with E-state index in [1.54, 1.807) is 17.7 Å². The van der Waals surface area contributed by atoms with Crippen LogP contribution in [0.5, 0.6) is 0 Å². The summed E-state index contributed by atoms with van der Waals surface area (Å²) in [6.45, 7) is 12.1. The molecule has 118 valence electrons. The van der Waals surface area contributed by atoms with Crippen molar-refractivity contribution in [1.82, 2.24) is 9.97 Å². The smallest absolute Gasteiger partial charge is 0.316 e. The van der Waals surface area contributed by atoms with Gasteiger partial charge >= 0.3 is 5.97 Å². The van der Waals surface area contributed by atoms with Gasteiger partial charge in [0.25, 0.3) is 0 Å². The van der Waals surface area contributed by atoms with Crippen LogP contribution < -0.4 is 0 Å². The van der Waals surface area contributed by atoms with Gasteiger partial charge in [0.2, 0.25) is 0 Å². The van der Waals surface area contributed by atoms with Gasteiger partial charge in [-0.15, -0.1) is 11.3 Å². The minimum absolute atomic E-state index is 0.244. The Hall–Kier alpha value is -1.14. The number of nitrogens with zero attached hydrogens (tertiary/aromatic N) is 2. The molecule has 0 fully saturated rings. The largest absolute Gasteiger partial charge is 0.468 e. The summed E-state index contributed by atoms with van der Waals surface area (Å²) in [4.78, 5) is 20.8. The lowest BCUT2D eigenvalue weighted by atomic mass is 10.2. The van der Waals surface area contributed by atoms with Gasteiger partial charge < -0.3 is 4.74 Å². The van der Waals surface area contributed by atoms with E-state index >= 15 is 0 Å². The number of aromatic nitrogens is 2. The van der Waals surface area contributed by atoms with Crippen LogP contribution in [-0.2, 0) is 9.53 Å². The molecule has 0 atom stereocenters. The molecular weight excluding hydrogens is 304 g/mol. The van der Waals surface area contributed by atoms with Gasteiger partial charge in [0.15, 0.2) is 0 Å². The quantitative estimate of drug-likeness (QED) is 0.467. The highest BCUT2D eigenvalue weighted by atomic mass is 32.2. The van der Waals surface area contributed by atoms with Crippen molar-refractivity contribution >= 4 is 39.3 Å². The fraction of sp³-hybridized carbons (Fsp3) is 0.533. The van der Waals surface area contributed by atoms with Gasteiger partial charge in [0.05, 0.1) is 23.1 Å². The van der Waals surface area contributed by atoms with Crippen molar-refractivity contribution in [2.75, 3.05) is 12.9 Å². The minimum Gasteiger partial charge on any atom is -0.468 e. The average molecular weight is 329 g/mol.